The smallest absolute Gasteiger partial charge is 0.227 e. The Hall–Kier alpha value is -3.48. The fourth-order valence-corrected chi connectivity index (χ4v) is 3.64. The number of benzene rings is 2. The zero-order chi connectivity index (χ0) is 20.9. The Morgan fingerprint density at radius 3 is 2.43 bits per heavy atom. The van der Waals surface area contributed by atoms with E-state index in [9.17, 15) is 9.59 Å². The van der Waals surface area contributed by atoms with E-state index in [0.29, 0.717) is 19.6 Å². The van der Waals surface area contributed by atoms with E-state index < -0.39 is 0 Å². The summed E-state index contributed by atoms with van der Waals surface area (Å²) < 4.78 is 1.76. The van der Waals surface area contributed by atoms with Crippen LogP contribution in [0.1, 0.15) is 30.0 Å². The average molecular weight is 403 g/mol. The number of hydrogen-bond donors (Lipinski definition) is 1. The summed E-state index contributed by atoms with van der Waals surface area (Å²) in [4.78, 5) is 30.7. The molecule has 1 aliphatic heterocycles. The SMILES string of the molecule is CCc1ccc(N2CC(C(=O)NCc3ccc(Cn4cncn4)cc3)CC2=O)cc1. The topological polar surface area (TPSA) is 80.1 Å². The van der Waals surface area contributed by atoms with Gasteiger partial charge in [0, 0.05) is 25.2 Å². The first-order valence-corrected chi connectivity index (χ1v) is 10.2. The first-order valence-electron chi connectivity index (χ1n) is 10.2. The van der Waals surface area contributed by atoms with Crippen molar-refractivity contribution >= 4 is 17.5 Å². The van der Waals surface area contributed by atoms with Gasteiger partial charge in [0.15, 0.2) is 0 Å². The molecule has 0 spiro atoms. The van der Waals surface area contributed by atoms with Gasteiger partial charge in [-0.2, -0.15) is 5.10 Å². The number of nitrogens with one attached hydrogen (secondary N) is 1. The van der Waals surface area contributed by atoms with Gasteiger partial charge in [0.25, 0.3) is 0 Å². The summed E-state index contributed by atoms with van der Waals surface area (Å²) >= 11 is 0. The third-order valence-corrected chi connectivity index (χ3v) is 5.45. The monoisotopic (exact) mass is 403 g/mol. The van der Waals surface area contributed by atoms with Crippen molar-refractivity contribution in [1.29, 1.82) is 0 Å². The lowest BCUT2D eigenvalue weighted by Crippen LogP contribution is -2.32. The van der Waals surface area contributed by atoms with E-state index in [1.165, 1.54) is 11.9 Å². The molecule has 1 aromatic heterocycles. The predicted molar refractivity (Wildman–Crippen MR) is 114 cm³/mol. The van der Waals surface area contributed by atoms with E-state index in [4.69, 9.17) is 0 Å². The molecule has 7 nitrogen and oxygen atoms in total. The second-order valence-corrected chi connectivity index (χ2v) is 7.55. The van der Waals surface area contributed by atoms with Gasteiger partial charge < -0.3 is 10.2 Å². The number of amides is 2. The second-order valence-electron chi connectivity index (χ2n) is 7.55. The molecule has 0 bridgehead atoms. The van der Waals surface area contributed by atoms with Crippen LogP contribution in [0.5, 0.6) is 0 Å². The molecule has 1 N–H and O–H groups in total. The Balaban J connectivity index is 1.30. The lowest BCUT2D eigenvalue weighted by molar-refractivity contribution is -0.126. The van der Waals surface area contributed by atoms with Crippen LogP contribution in [0.15, 0.2) is 61.2 Å². The Bertz CT molecular complexity index is 997. The molecule has 0 aliphatic carbocycles. The molecule has 1 saturated heterocycles. The Labute approximate surface area is 175 Å². The van der Waals surface area contributed by atoms with Gasteiger partial charge in [-0.15, -0.1) is 0 Å². The number of carbonyl (C=O) groups is 2. The number of rotatable bonds is 7. The maximum Gasteiger partial charge on any atom is 0.227 e. The van der Waals surface area contributed by atoms with Crippen LogP contribution in [0.3, 0.4) is 0 Å². The third-order valence-electron chi connectivity index (χ3n) is 5.45. The van der Waals surface area contributed by atoms with Crippen molar-refractivity contribution < 1.29 is 9.59 Å². The molecule has 2 heterocycles. The standard InChI is InChI=1S/C23H25N5O2/c1-2-17-7-9-21(10-8-17)28-14-20(11-22(28)29)23(30)25-12-18-3-5-19(6-4-18)13-27-16-24-15-26-27/h3-10,15-16,20H,2,11-14H2,1H3,(H,25,30). The molecule has 154 valence electrons. The molecule has 7 heteroatoms. The molecule has 0 radical (unpaired) electrons. The van der Waals surface area contributed by atoms with Crippen molar-refractivity contribution in [3.8, 4) is 0 Å². The van der Waals surface area contributed by atoms with Crippen LogP contribution in [-0.2, 0) is 29.1 Å². The van der Waals surface area contributed by atoms with Crippen LogP contribution in [0, 0.1) is 5.92 Å². The Morgan fingerprint density at radius 1 is 1.07 bits per heavy atom. The van der Waals surface area contributed by atoms with Crippen LogP contribution < -0.4 is 10.2 Å². The van der Waals surface area contributed by atoms with Crippen molar-refractivity contribution in [2.24, 2.45) is 5.92 Å². The summed E-state index contributed by atoms with van der Waals surface area (Å²) in [5.74, 6) is -0.408. The third kappa shape index (κ3) is 4.56. The molecule has 1 aliphatic rings. The van der Waals surface area contributed by atoms with Gasteiger partial charge in [0.1, 0.15) is 12.7 Å². The summed E-state index contributed by atoms with van der Waals surface area (Å²) in [6.45, 7) is 3.62. The molecule has 1 atom stereocenters. The van der Waals surface area contributed by atoms with Crippen LogP contribution in [-0.4, -0.2) is 33.1 Å². The largest absolute Gasteiger partial charge is 0.352 e. The fourth-order valence-electron chi connectivity index (χ4n) is 3.64. The zero-order valence-electron chi connectivity index (χ0n) is 17.0. The lowest BCUT2D eigenvalue weighted by atomic mass is 10.1. The number of anilines is 1. The van der Waals surface area contributed by atoms with E-state index in [1.54, 1.807) is 15.9 Å². The number of aromatic nitrogens is 3. The number of hydrogen-bond acceptors (Lipinski definition) is 4. The molecule has 30 heavy (non-hydrogen) atoms. The summed E-state index contributed by atoms with van der Waals surface area (Å²) in [5.41, 5.74) is 4.21. The molecule has 1 fully saturated rings. The highest BCUT2D eigenvalue weighted by atomic mass is 16.2. The van der Waals surface area contributed by atoms with Gasteiger partial charge in [-0.3, -0.25) is 9.59 Å². The van der Waals surface area contributed by atoms with Gasteiger partial charge >= 0.3 is 0 Å². The lowest BCUT2D eigenvalue weighted by Gasteiger charge is -2.17. The summed E-state index contributed by atoms with van der Waals surface area (Å²) in [5, 5.41) is 7.07. The minimum Gasteiger partial charge on any atom is -0.352 e. The van der Waals surface area contributed by atoms with E-state index >= 15 is 0 Å². The van der Waals surface area contributed by atoms with Crippen molar-refractivity contribution in [2.75, 3.05) is 11.4 Å². The first-order chi connectivity index (χ1) is 14.6. The minimum absolute atomic E-state index is 0.00290. The molecule has 1 unspecified atom stereocenters. The molecule has 2 aromatic carbocycles. The summed E-state index contributed by atoms with van der Waals surface area (Å²) in [6, 6.07) is 16.0. The summed E-state index contributed by atoms with van der Waals surface area (Å²) in [6.07, 6.45) is 4.40. The van der Waals surface area contributed by atoms with Crippen molar-refractivity contribution in [2.45, 2.75) is 32.9 Å². The van der Waals surface area contributed by atoms with E-state index in [0.717, 1.165) is 23.2 Å². The van der Waals surface area contributed by atoms with Crippen LogP contribution in [0.25, 0.3) is 0 Å². The first kappa shape index (κ1) is 19.8. The number of nitrogens with zero attached hydrogens (tertiary/aromatic N) is 4. The highest BCUT2D eigenvalue weighted by Gasteiger charge is 2.34. The van der Waals surface area contributed by atoms with Crippen molar-refractivity contribution in [3.05, 3.63) is 77.9 Å². The zero-order valence-corrected chi connectivity index (χ0v) is 17.0. The van der Waals surface area contributed by atoms with Crippen LogP contribution in [0.4, 0.5) is 5.69 Å². The molecule has 2 amide bonds. The van der Waals surface area contributed by atoms with E-state index in [1.807, 2.05) is 48.5 Å². The van der Waals surface area contributed by atoms with E-state index in [2.05, 4.69) is 22.3 Å². The van der Waals surface area contributed by atoms with Gasteiger partial charge in [-0.05, 0) is 35.2 Å². The highest BCUT2D eigenvalue weighted by Crippen LogP contribution is 2.25. The Kier molecular flexibility index (Phi) is 5.88. The maximum atomic E-state index is 12.6. The van der Waals surface area contributed by atoms with Gasteiger partial charge in [0.05, 0.1) is 12.5 Å². The van der Waals surface area contributed by atoms with E-state index in [-0.39, 0.29) is 24.2 Å². The van der Waals surface area contributed by atoms with Crippen molar-refractivity contribution in [3.63, 3.8) is 0 Å². The van der Waals surface area contributed by atoms with Gasteiger partial charge in [-0.25, -0.2) is 9.67 Å². The molecule has 0 saturated carbocycles. The Morgan fingerprint density at radius 2 is 1.77 bits per heavy atom. The van der Waals surface area contributed by atoms with Crippen LogP contribution >= 0.6 is 0 Å². The normalized spacial score (nSPS) is 16.1. The highest BCUT2D eigenvalue weighted by molar-refractivity contribution is 6.00. The molecular formula is C23H25N5O2. The minimum atomic E-state index is -0.324. The molecule has 3 aromatic rings. The predicted octanol–water partition coefficient (Wildman–Crippen LogP) is 2.56. The summed E-state index contributed by atoms with van der Waals surface area (Å²) in [7, 11) is 0. The fraction of sp³-hybridized carbons (Fsp3) is 0.304. The average Bonchev–Trinajstić information content (AvgIpc) is 3.43. The quantitative estimate of drug-likeness (QED) is 0.658. The number of carbonyl (C=O) groups excluding carboxylic acids is 2. The van der Waals surface area contributed by atoms with Gasteiger partial charge in [0.2, 0.25) is 11.8 Å². The number of aryl methyl sites for hydroxylation is 1. The van der Waals surface area contributed by atoms with Crippen LogP contribution in [0.2, 0.25) is 0 Å². The molecular weight excluding hydrogens is 378 g/mol. The second kappa shape index (κ2) is 8.90. The maximum absolute atomic E-state index is 12.6. The van der Waals surface area contributed by atoms with Gasteiger partial charge in [-0.1, -0.05) is 43.3 Å². The van der Waals surface area contributed by atoms with Crippen molar-refractivity contribution in [1.82, 2.24) is 20.1 Å². The molecule has 4 rings (SSSR count).